The fraction of sp³-hybridized carbons (Fsp3) is 0.600. The molecular formula is C10H17P. The Labute approximate surface area is 71.1 Å². The zero-order valence-electron chi connectivity index (χ0n) is 7.46. The van der Waals surface area contributed by atoms with E-state index in [9.17, 15) is 0 Å². The van der Waals surface area contributed by atoms with E-state index in [-0.39, 0.29) is 0 Å². The van der Waals surface area contributed by atoms with E-state index in [0.717, 1.165) is 5.92 Å². The molecule has 1 rings (SSSR count). The highest BCUT2D eigenvalue weighted by molar-refractivity contribution is 7.57. The van der Waals surface area contributed by atoms with Gasteiger partial charge >= 0.3 is 0 Å². The molecule has 1 heteroatoms. The third-order valence-electron chi connectivity index (χ3n) is 2.19. The van der Waals surface area contributed by atoms with Crippen LogP contribution in [0, 0.1) is 5.92 Å². The van der Waals surface area contributed by atoms with Crippen molar-refractivity contribution in [3.05, 3.63) is 24.3 Å². The van der Waals surface area contributed by atoms with Crippen LogP contribution < -0.4 is 0 Å². The summed E-state index contributed by atoms with van der Waals surface area (Å²) in [6.07, 6.45) is 13.2. The summed E-state index contributed by atoms with van der Waals surface area (Å²) in [6, 6.07) is 0. The normalized spacial score (nSPS) is 17.0. The molecule has 0 aromatic carbocycles. The highest BCUT2D eigenvalue weighted by Crippen LogP contribution is 2.37. The van der Waals surface area contributed by atoms with Crippen molar-refractivity contribution in [3.8, 4) is 0 Å². The summed E-state index contributed by atoms with van der Waals surface area (Å²) in [5, 5.41) is 0. The van der Waals surface area contributed by atoms with Crippen molar-refractivity contribution in [2.24, 2.45) is 5.92 Å². The minimum atomic E-state index is 0.330. The molecule has 1 aliphatic rings. The average Bonchev–Trinajstić information content (AvgIpc) is 2.52. The predicted molar refractivity (Wildman–Crippen MR) is 54.6 cm³/mol. The van der Waals surface area contributed by atoms with E-state index in [4.69, 9.17) is 0 Å². The maximum Gasteiger partial charge on any atom is -0.000798 e. The smallest absolute Gasteiger partial charge is 0.000798 e. The van der Waals surface area contributed by atoms with Crippen molar-refractivity contribution < 1.29 is 0 Å². The Bertz CT molecular complexity index is 142. The van der Waals surface area contributed by atoms with Crippen LogP contribution in [-0.4, -0.2) is 18.5 Å². The molecule has 0 fully saturated rings. The molecule has 0 aromatic rings. The fourth-order valence-corrected chi connectivity index (χ4v) is 3.18. The molecule has 0 heterocycles. The van der Waals surface area contributed by atoms with E-state index in [1.165, 1.54) is 18.5 Å². The summed E-state index contributed by atoms with van der Waals surface area (Å²) in [5.41, 5.74) is 0. The first-order valence-corrected chi connectivity index (χ1v) is 6.34. The SMILES string of the molecule is CCP(CC)CC1C=CC=C1. The van der Waals surface area contributed by atoms with E-state index in [1.54, 1.807) is 0 Å². The maximum absolute atomic E-state index is 2.32. The van der Waals surface area contributed by atoms with Gasteiger partial charge in [-0.3, -0.25) is 0 Å². The van der Waals surface area contributed by atoms with Gasteiger partial charge in [-0.2, -0.15) is 0 Å². The molecule has 0 nitrogen and oxygen atoms in total. The average molecular weight is 168 g/mol. The molecule has 0 amide bonds. The van der Waals surface area contributed by atoms with Crippen molar-refractivity contribution in [1.82, 2.24) is 0 Å². The van der Waals surface area contributed by atoms with Gasteiger partial charge in [0.2, 0.25) is 0 Å². The highest BCUT2D eigenvalue weighted by atomic mass is 31.1. The van der Waals surface area contributed by atoms with Gasteiger partial charge in [-0.25, -0.2) is 0 Å². The second kappa shape index (κ2) is 4.72. The third kappa shape index (κ3) is 2.79. The summed E-state index contributed by atoms with van der Waals surface area (Å²) in [7, 11) is 0.330. The van der Waals surface area contributed by atoms with Gasteiger partial charge in [-0.05, 0) is 24.4 Å². The molecule has 0 aliphatic heterocycles. The van der Waals surface area contributed by atoms with Crippen LogP contribution in [0.15, 0.2) is 24.3 Å². The lowest BCUT2D eigenvalue weighted by Gasteiger charge is -2.15. The fourth-order valence-electron chi connectivity index (χ4n) is 1.38. The van der Waals surface area contributed by atoms with Gasteiger partial charge in [-0.15, -0.1) is 7.92 Å². The van der Waals surface area contributed by atoms with Gasteiger partial charge < -0.3 is 0 Å². The zero-order valence-corrected chi connectivity index (χ0v) is 8.35. The predicted octanol–water partition coefficient (Wildman–Crippen LogP) is 3.25. The van der Waals surface area contributed by atoms with E-state index in [2.05, 4.69) is 38.2 Å². The summed E-state index contributed by atoms with van der Waals surface area (Å²) >= 11 is 0. The van der Waals surface area contributed by atoms with Crippen LogP contribution in [0.4, 0.5) is 0 Å². The Morgan fingerprint density at radius 3 is 2.09 bits per heavy atom. The van der Waals surface area contributed by atoms with Crippen molar-refractivity contribution in [2.75, 3.05) is 18.5 Å². The Morgan fingerprint density at radius 2 is 1.64 bits per heavy atom. The summed E-state index contributed by atoms with van der Waals surface area (Å²) in [4.78, 5) is 0. The summed E-state index contributed by atoms with van der Waals surface area (Å²) in [5.74, 6) is 0.765. The largest absolute Gasteiger partial charge is 0.106 e. The highest BCUT2D eigenvalue weighted by Gasteiger charge is 2.09. The first-order chi connectivity index (χ1) is 5.36. The van der Waals surface area contributed by atoms with Crippen LogP contribution in [0.3, 0.4) is 0 Å². The van der Waals surface area contributed by atoms with Gasteiger partial charge in [0.05, 0.1) is 0 Å². The Balaban J connectivity index is 2.28. The molecule has 0 saturated carbocycles. The molecule has 0 aromatic heterocycles. The molecule has 1 aliphatic carbocycles. The third-order valence-corrected chi connectivity index (χ3v) is 4.92. The lowest BCUT2D eigenvalue weighted by molar-refractivity contribution is 0.961. The second-order valence-corrected chi connectivity index (χ2v) is 5.89. The topological polar surface area (TPSA) is 0 Å². The number of hydrogen-bond donors (Lipinski definition) is 0. The molecular weight excluding hydrogens is 151 g/mol. The van der Waals surface area contributed by atoms with Gasteiger partial charge in [-0.1, -0.05) is 38.2 Å². The molecule has 0 spiro atoms. The molecule has 0 unspecified atom stereocenters. The van der Waals surface area contributed by atoms with Crippen LogP contribution in [-0.2, 0) is 0 Å². The van der Waals surface area contributed by atoms with Crippen LogP contribution >= 0.6 is 7.92 Å². The van der Waals surface area contributed by atoms with Gasteiger partial charge in [0.25, 0.3) is 0 Å². The number of rotatable bonds is 4. The van der Waals surface area contributed by atoms with Crippen molar-refractivity contribution in [3.63, 3.8) is 0 Å². The van der Waals surface area contributed by atoms with E-state index in [0.29, 0.717) is 7.92 Å². The molecule has 62 valence electrons. The van der Waals surface area contributed by atoms with Crippen molar-refractivity contribution in [2.45, 2.75) is 13.8 Å². The van der Waals surface area contributed by atoms with Crippen LogP contribution in [0.1, 0.15) is 13.8 Å². The van der Waals surface area contributed by atoms with Crippen molar-refractivity contribution in [1.29, 1.82) is 0 Å². The second-order valence-electron chi connectivity index (χ2n) is 2.92. The van der Waals surface area contributed by atoms with Crippen LogP contribution in [0.25, 0.3) is 0 Å². The van der Waals surface area contributed by atoms with E-state index >= 15 is 0 Å². The molecule has 0 radical (unpaired) electrons. The van der Waals surface area contributed by atoms with Crippen LogP contribution in [0.5, 0.6) is 0 Å². The van der Waals surface area contributed by atoms with E-state index in [1.807, 2.05) is 0 Å². The molecule has 11 heavy (non-hydrogen) atoms. The minimum Gasteiger partial charge on any atom is -0.106 e. The Kier molecular flexibility index (Phi) is 3.86. The monoisotopic (exact) mass is 168 g/mol. The van der Waals surface area contributed by atoms with Crippen LogP contribution in [0.2, 0.25) is 0 Å². The molecule has 0 N–H and O–H groups in total. The Hall–Kier alpha value is -0.0900. The van der Waals surface area contributed by atoms with Gasteiger partial charge in [0.15, 0.2) is 0 Å². The lowest BCUT2D eigenvalue weighted by Crippen LogP contribution is -1.98. The maximum atomic E-state index is 2.32. The first kappa shape index (κ1) is 9.00. The minimum absolute atomic E-state index is 0.330. The zero-order chi connectivity index (χ0) is 8.10. The van der Waals surface area contributed by atoms with Crippen molar-refractivity contribution >= 4 is 7.92 Å². The molecule has 0 atom stereocenters. The summed E-state index contributed by atoms with van der Waals surface area (Å²) < 4.78 is 0. The molecule has 0 bridgehead atoms. The standard InChI is InChI=1S/C10H17P/c1-3-11(4-2)9-10-7-5-6-8-10/h5-8,10H,3-4,9H2,1-2H3. The number of allylic oxidation sites excluding steroid dienone is 4. The van der Waals surface area contributed by atoms with Gasteiger partial charge in [0, 0.05) is 0 Å². The van der Waals surface area contributed by atoms with E-state index < -0.39 is 0 Å². The quantitative estimate of drug-likeness (QED) is 0.565. The first-order valence-electron chi connectivity index (χ1n) is 4.44. The summed E-state index contributed by atoms with van der Waals surface area (Å²) in [6.45, 7) is 4.63. The van der Waals surface area contributed by atoms with Gasteiger partial charge in [0.1, 0.15) is 0 Å². The Morgan fingerprint density at radius 1 is 1.09 bits per heavy atom. The number of hydrogen-bond acceptors (Lipinski definition) is 0. The molecule has 0 saturated heterocycles. The lowest BCUT2D eigenvalue weighted by atomic mass is 10.2.